The van der Waals surface area contributed by atoms with E-state index in [0.717, 1.165) is 5.56 Å². The molecule has 0 atom stereocenters. The highest BCUT2D eigenvalue weighted by atomic mass is 14.6. The van der Waals surface area contributed by atoms with Crippen molar-refractivity contribution < 1.29 is 0 Å². The van der Waals surface area contributed by atoms with Gasteiger partial charge in [-0.3, -0.25) is 0 Å². The summed E-state index contributed by atoms with van der Waals surface area (Å²) in [6.07, 6.45) is 0. The van der Waals surface area contributed by atoms with E-state index in [1.165, 1.54) is 5.56 Å². The average Bonchev–Trinajstić information content (AvgIpc) is 1.88. The fourth-order valence-corrected chi connectivity index (χ4v) is 0.768. The van der Waals surface area contributed by atoms with Crippen LogP contribution in [-0.2, 0) is 0 Å². The molecule has 2 heteroatoms. The highest BCUT2D eigenvalue weighted by Gasteiger charge is 1.90. The Morgan fingerprint density at radius 1 is 1.27 bits per heavy atom. The van der Waals surface area contributed by atoms with Gasteiger partial charge in [-0.05, 0) is 12.5 Å². The Labute approximate surface area is 67.3 Å². The molecule has 1 aromatic rings. The van der Waals surface area contributed by atoms with Crippen molar-refractivity contribution in [2.24, 2.45) is 5.73 Å². The maximum absolute atomic E-state index is 5.47. The quantitative estimate of drug-likeness (QED) is 0.643. The van der Waals surface area contributed by atoms with Crippen LogP contribution in [0.2, 0.25) is 0 Å². The van der Waals surface area contributed by atoms with Gasteiger partial charge in [0.15, 0.2) is 0 Å². The summed E-state index contributed by atoms with van der Waals surface area (Å²) in [5.74, 6) is 0. The third-order valence-corrected chi connectivity index (χ3v) is 1.42. The van der Waals surface area contributed by atoms with E-state index in [1.54, 1.807) is 0 Å². The maximum Gasteiger partial charge on any atom is 0.0314 e. The van der Waals surface area contributed by atoms with Crippen LogP contribution in [0.5, 0.6) is 0 Å². The van der Waals surface area contributed by atoms with Crippen LogP contribution in [0.25, 0.3) is 5.70 Å². The van der Waals surface area contributed by atoms with Gasteiger partial charge in [-0.2, -0.15) is 0 Å². The van der Waals surface area contributed by atoms with E-state index < -0.39 is 0 Å². The first-order valence-electron chi connectivity index (χ1n) is 3.21. The molecule has 0 unspecified atom stereocenters. The molecule has 0 aliphatic carbocycles. The lowest BCUT2D eigenvalue weighted by molar-refractivity contribution is 1.44. The van der Waals surface area contributed by atoms with Crippen molar-refractivity contribution in [3.05, 3.63) is 42.0 Å². The Kier molecular flexibility index (Phi) is 3.34. The monoisotopic (exact) mass is 150 g/mol. The van der Waals surface area contributed by atoms with Gasteiger partial charge in [-0.15, -0.1) is 0 Å². The molecule has 11 heavy (non-hydrogen) atoms. The second-order valence-electron chi connectivity index (χ2n) is 2.39. The maximum atomic E-state index is 5.47. The molecule has 0 saturated carbocycles. The molecule has 2 nitrogen and oxygen atoms in total. The van der Waals surface area contributed by atoms with Crippen LogP contribution in [0.15, 0.2) is 30.8 Å². The van der Waals surface area contributed by atoms with E-state index in [1.807, 2.05) is 31.2 Å². The molecule has 0 amide bonds. The second kappa shape index (κ2) is 3.78. The summed E-state index contributed by atoms with van der Waals surface area (Å²) in [5, 5.41) is 0. The van der Waals surface area contributed by atoms with Crippen molar-refractivity contribution in [2.75, 3.05) is 0 Å². The molecule has 60 valence electrons. The molecule has 0 aliphatic rings. The van der Waals surface area contributed by atoms with E-state index >= 15 is 0 Å². The Bertz CT molecular complexity index is 236. The van der Waals surface area contributed by atoms with Gasteiger partial charge in [-0.1, -0.05) is 36.4 Å². The summed E-state index contributed by atoms with van der Waals surface area (Å²) >= 11 is 0. The van der Waals surface area contributed by atoms with Crippen LogP contribution in [-0.4, -0.2) is 0 Å². The summed E-state index contributed by atoms with van der Waals surface area (Å²) in [7, 11) is 0. The average molecular weight is 150 g/mol. The van der Waals surface area contributed by atoms with E-state index in [2.05, 4.69) is 6.58 Å². The summed E-state index contributed by atoms with van der Waals surface area (Å²) in [4.78, 5) is 0. The lowest BCUT2D eigenvalue weighted by Gasteiger charge is -1.98. The van der Waals surface area contributed by atoms with Crippen molar-refractivity contribution >= 4 is 5.70 Å². The van der Waals surface area contributed by atoms with Gasteiger partial charge in [-0.25, -0.2) is 0 Å². The van der Waals surface area contributed by atoms with Gasteiger partial charge >= 0.3 is 0 Å². The number of aryl methyl sites for hydroxylation is 1. The van der Waals surface area contributed by atoms with Gasteiger partial charge in [0.1, 0.15) is 0 Å². The number of hydrogen-bond donors (Lipinski definition) is 2. The minimum absolute atomic E-state index is 0. The zero-order chi connectivity index (χ0) is 7.56. The smallest absolute Gasteiger partial charge is 0.0314 e. The zero-order valence-corrected chi connectivity index (χ0v) is 6.80. The van der Waals surface area contributed by atoms with Crippen LogP contribution in [0.4, 0.5) is 0 Å². The molecule has 0 aromatic heterocycles. The fourth-order valence-electron chi connectivity index (χ4n) is 0.768. The highest BCUT2D eigenvalue weighted by Crippen LogP contribution is 2.07. The van der Waals surface area contributed by atoms with E-state index in [4.69, 9.17) is 5.73 Å². The van der Waals surface area contributed by atoms with Crippen molar-refractivity contribution in [3.63, 3.8) is 0 Å². The van der Waals surface area contributed by atoms with Gasteiger partial charge in [0, 0.05) is 5.70 Å². The normalized spacial score (nSPS) is 8.45. The Hall–Kier alpha value is -1.28. The van der Waals surface area contributed by atoms with Crippen LogP contribution in [0, 0.1) is 6.92 Å². The van der Waals surface area contributed by atoms with Gasteiger partial charge in [0.2, 0.25) is 0 Å². The fraction of sp³-hybridized carbons (Fsp3) is 0.111. The number of nitrogens with two attached hydrogens (primary N) is 1. The highest BCUT2D eigenvalue weighted by molar-refractivity contribution is 5.60. The third kappa shape index (κ3) is 2.43. The van der Waals surface area contributed by atoms with Crippen molar-refractivity contribution in [2.45, 2.75) is 6.92 Å². The van der Waals surface area contributed by atoms with Gasteiger partial charge in [0.25, 0.3) is 0 Å². The number of benzene rings is 1. The lowest BCUT2D eigenvalue weighted by Crippen LogP contribution is -1.92. The number of rotatable bonds is 1. The van der Waals surface area contributed by atoms with E-state index in [-0.39, 0.29) is 6.15 Å². The molecule has 0 aliphatic heterocycles. The van der Waals surface area contributed by atoms with E-state index in [0.29, 0.717) is 5.70 Å². The predicted molar refractivity (Wildman–Crippen MR) is 49.4 cm³/mol. The number of hydrogen-bond acceptors (Lipinski definition) is 2. The molecule has 0 spiro atoms. The van der Waals surface area contributed by atoms with Crippen molar-refractivity contribution in [1.82, 2.24) is 6.15 Å². The summed E-state index contributed by atoms with van der Waals surface area (Å²) in [6.45, 7) is 5.68. The van der Waals surface area contributed by atoms with E-state index in [9.17, 15) is 0 Å². The van der Waals surface area contributed by atoms with Crippen LogP contribution in [0.1, 0.15) is 11.1 Å². The first-order valence-corrected chi connectivity index (χ1v) is 3.21. The molecule has 0 saturated heterocycles. The molecular weight excluding hydrogens is 136 g/mol. The molecule has 1 aromatic carbocycles. The molecular formula is C9H14N2. The second-order valence-corrected chi connectivity index (χ2v) is 2.39. The first-order chi connectivity index (χ1) is 4.70. The third-order valence-electron chi connectivity index (χ3n) is 1.42. The standard InChI is InChI=1S/C9H11N.H3N/c1-7-3-5-9(6-4-7)8(2)10;/h3-6H,2,10H2,1H3;1H3. The molecule has 0 fully saturated rings. The molecule has 1 rings (SSSR count). The topological polar surface area (TPSA) is 61.0 Å². The first kappa shape index (κ1) is 9.72. The molecule has 5 N–H and O–H groups in total. The van der Waals surface area contributed by atoms with Crippen LogP contribution < -0.4 is 11.9 Å². The van der Waals surface area contributed by atoms with Crippen molar-refractivity contribution in [3.8, 4) is 0 Å². The predicted octanol–water partition coefficient (Wildman–Crippen LogP) is 2.09. The minimum Gasteiger partial charge on any atom is -0.399 e. The Balaban J connectivity index is 0.000001000. The molecule has 0 bridgehead atoms. The Morgan fingerprint density at radius 2 is 1.73 bits per heavy atom. The summed E-state index contributed by atoms with van der Waals surface area (Å²) < 4.78 is 0. The van der Waals surface area contributed by atoms with Gasteiger partial charge in [0.05, 0.1) is 0 Å². The summed E-state index contributed by atoms with van der Waals surface area (Å²) in [5.41, 5.74) is 8.34. The Morgan fingerprint density at radius 3 is 2.09 bits per heavy atom. The largest absolute Gasteiger partial charge is 0.399 e. The molecule has 0 radical (unpaired) electrons. The summed E-state index contributed by atoms with van der Waals surface area (Å²) in [6, 6.07) is 7.98. The molecule has 0 heterocycles. The lowest BCUT2D eigenvalue weighted by atomic mass is 10.1. The van der Waals surface area contributed by atoms with Crippen LogP contribution >= 0.6 is 0 Å². The van der Waals surface area contributed by atoms with Crippen LogP contribution in [0.3, 0.4) is 0 Å². The van der Waals surface area contributed by atoms with Crippen molar-refractivity contribution in [1.29, 1.82) is 0 Å². The zero-order valence-electron chi connectivity index (χ0n) is 6.80. The minimum atomic E-state index is 0. The van der Waals surface area contributed by atoms with Gasteiger partial charge < -0.3 is 11.9 Å². The SMILES string of the molecule is C=C(N)c1ccc(C)cc1.N.